The van der Waals surface area contributed by atoms with Crippen LogP contribution in [0.25, 0.3) is 11.0 Å². The molecule has 136 valence electrons. The van der Waals surface area contributed by atoms with Crippen LogP contribution >= 0.6 is 0 Å². The molecule has 7 heteroatoms. The summed E-state index contributed by atoms with van der Waals surface area (Å²) in [7, 11) is 0. The fourth-order valence-electron chi connectivity index (χ4n) is 3.36. The average molecular weight is 353 g/mol. The molecule has 26 heavy (non-hydrogen) atoms. The maximum atomic E-state index is 12.7. The largest absolute Gasteiger partial charge is 0.374 e. The van der Waals surface area contributed by atoms with E-state index in [2.05, 4.69) is 15.1 Å². The first kappa shape index (κ1) is 16.8. The van der Waals surface area contributed by atoms with E-state index >= 15 is 0 Å². The summed E-state index contributed by atoms with van der Waals surface area (Å²) in [6.07, 6.45) is 5.59. The number of imidazole rings is 1. The minimum atomic E-state index is -0.0208. The highest BCUT2D eigenvalue weighted by atomic mass is 16.5. The Morgan fingerprint density at radius 1 is 1.31 bits per heavy atom. The number of hydrogen-bond acceptors (Lipinski definition) is 4. The second kappa shape index (κ2) is 7.70. The number of nitrogens with one attached hydrogen (secondary N) is 1. The maximum Gasteiger partial charge on any atom is 0.223 e. The number of amides is 1. The molecule has 0 bridgehead atoms. The van der Waals surface area contributed by atoms with Crippen LogP contribution in [-0.2, 0) is 22.5 Å². The normalized spacial score (nSPS) is 18.2. The van der Waals surface area contributed by atoms with Crippen molar-refractivity contribution in [2.45, 2.75) is 31.9 Å². The number of carbonyl (C=O) groups is 1. The summed E-state index contributed by atoms with van der Waals surface area (Å²) in [4.78, 5) is 22.5. The van der Waals surface area contributed by atoms with Crippen LogP contribution in [-0.4, -0.2) is 56.4 Å². The number of aromatic amines is 1. The van der Waals surface area contributed by atoms with Crippen LogP contribution in [0.15, 0.2) is 42.7 Å². The Balaban J connectivity index is 1.35. The SMILES string of the molecule is O=C(CCc1nc2ccccc2[nH]1)N1CCCOC(Cn2cccn2)C1. The van der Waals surface area contributed by atoms with Crippen LogP contribution < -0.4 is 0 Å². The molecule has 0 spiro atoms. The number of aryl methyl sites for hydroxylation is 1. The fraction of sp³-hybridized carbons (Fsp3) is 0.421. The van der Waals surface area contributed by atoms with Gasteiger partial charge in [-0.05, 0) is 24.6 Å². The van der Waals surface area contributed by atoms with E-state index < -0.39 is 0 Å². The number of fused-ring (bicyclic) bond motifs is 1. The molecule has 7 nitrogen and oxygen atoms in total. The molecule has 1 aliphatic heterocycles. The van der Waals surface area contributed by atoms with E-state index in [0.29, 0.717) is 32.5 Å². The first-order valence-electron chi connectivity index (χ1n) is 9.08. The molecule has 1 aromatic carbocycles. The van der Waals surface area contributed by atoms with E-state index in [1.165, 1.54) is 0 Å². The molecular formula is C19H23N5O2. The molecule has 1 N–H and O–H groups in total. The van der Waals surface area contributed by atoms with Crippen molar-refractivity contribution < 1.29 is 9.53 Å². The van der Waals surface area contributed by atoms with Gasteiger partial charge in [0.05, 0.1) is 23.7 Å². The van der Waals surface area contributed by atoms with E-state index in [9.17, 15) is 4.79 Å². The smallest absolute Gasteiger partial charge is 0.223 e. The highest BCUT2D eigenvalue weighted by Gasteiger charge is 2.23. The molecule has 0 saturated carbocycles. The number of rotatable bonds is 5. The van der Waals surface area contributed by atoms with Crippen molar-refractivity contribution in [1.29, 1.82) is 0 Å². The predicted octanol–water partition coefficient (Wildman–Crippen LogP) is 2.01. The van der Waals surface area contributed by atoms with Gasteiger partial charge >= 0.3 is 0 Å². The fourth-order valence-corrected chi connectivity index (χ4v) is 3.36. The Bertz CT molecular complexity index is 825. The van der Waals surface area contributed by atoms with Gasteiger partial charge in [-0.25, -0.2) is 4.98 Å². The summed E-state index contributed by atoms with van der Waals surface area (Å²) < 4.78 is 7.74. The Morgan fingerprint density at radius 3 is 3.08 bits per heavy atom. The van der Waals surface area contributed by atoms with E-state index in [-0.39, 0.29) is 12.0 Å². The molecule has 1 saturated heterocycles. The number of H-pyrrole nitrogens is 1. The molecule has 3 aromatic rings. The van der Waals surface area contributed by atoms with Gasteiger partial charge in [-0.3, -0.25) is 9.48 Å². The maximum absolute atomic E-state index is 12.7. The van der Waals surface area contributed by atoms with Crippen molar-refractivity contribution >= 4 is 16.9 Å². The molecular weight excluding hydrogens is 330 g/mol. The minimum Gasteiger partial charge on any atom is -0.374 e. The number of nitrogens with zero attached hydrogens (tertiary/aromatic N) is 4. The lowest BCUT2D eigenvalue weighted by Crippen LogP contribution is -2.38. The van der Waals surface area contributed by atoms with Gasteiger partial charge in [0, 0.05) is 44.9 Å². The lowest BCUT2D eigenvalue weighted by Gasteiger charge is -2.24. The van der Waals surface area contributed by atoms with Gasteiger partial charge in [-0.1, -0.05) is 12.1 Å². The number of ether oxygens (including phenoxy) is 1. The van der Waals surface area contributed by atoms with Crippen molar-refractivity contribution in [2.24, 2.45) is 0 Å². The topological polar surface area (TPSA) is 76.0 Å². The van der Waals surface area contributed by atoms with Gasteiger partial charge in [0.15, 0.2) is 0 Å². The Kier molecular flexibility index (Phi) is 4.97. The van der Waals surface area contributed by atoms with Crippen LogP contribution in [0, 0.1) is 0 Å². The molecule has 0 aliphatic carbocycles. The molecule has 0 radical (unpaired) electrons. The predicted molar refractivity (Wildman–Crippen MR) is 97.6 cm³/mol. The van der Waals surface area contributed by atoms with Gasteiger partial charge in [-0.2, -0.15) is 5.10 Å². The molecule has 1 fully saturated rings. The van der Waals surface area contributed by atoms with Crippen molar-refractivity contribution in [1.82, 2.24) is 24.6 Å². The standard InChI is InChI=1S/C19H23N5O2/c25-19(8-7-18-21-16-5-1-2-6-17(16)22-18)23-10-4-12-26-15(13-23)14-24-11-3-9-20-24/h1-3,5-6,9,11,15H,4,7-8,10,12-14H2,(H,21,22). The molecule has 1 aliphatic rings. The van der Waals surface area contributed by atoms with Gasteiger partial charge in [0.2, 0.25) is 5.91 Å². The first-order chi connectivity index (χ1) is 12.8. The molecule has 1 atom stereocenters. The molecule has 4 rings (SSSR count). The molecule has 2 aromatic heterocycles. The van der Waals surface area contributed by atoms with Gasteiger partial charge < -0.3 is 14.6 Å². The van der Waals surface area contributed by atoms with Crippen LogP contribution in [0.5, 0.6) is 0 Å². The zero-order valence-corrected chi connectivity index (χ0v) is 14.7. The van der Waals surface area contributed by atoms with E-state index in [0.717, 1.165) is 29.8 Å². The Labute approximate surface area is 152 Å². The van der Waals surface area contributed by atoms with Gasteiger partial charge in [0.1, 0.15) is 5.82 Å². The summed E-state index contributed by atoms with van der Waals surface area (Å²) in [6.45, 7) is 2.70. The second-order valence-electron chi connectivity index (χ2n) is 6.61. The average Bonchev–Trinajstić information content (AvgIpc) is 3.24. The first-order valence-corrected chi connectivity index (χ1v) is 9.08. The second-order valence-corrected chi connectivity index (χ2v) is 6.61. The van der Waals surface area contributed by atoms with E-state index in [4.69, 9.17) is 4.74 Å². The highest BCUT2D eigenvalue weighted by Crippen LogP contribution is 2.13. The minimum absolute atomic E-state index is 0.0208. The monoisotopic (exact) mass is 353 g/mol. The van der Waals surface area contributed by atoms with Crippen molar-refractivity contribution in [3.05, 3.63) is 48.5 Å². The molecule has 3 heterocycles. The summed E-state index contributed by atoms with van der Waals surface area (Å²) in [5, 5.41) is 4.23. The van der Waals surface area contributed by atoms with E-state index in [1.807, 2.05) is 46.1 Å². The number of para-hydroxylation sites is 2. The number of hydrogen-bond donors (Lipinski definition) is 1. The van der Waals surface area contributed by atoms with Crippen molar-refractivity contribution in [2.75, 3.05) is 19.7 Å². The summed E-state index contributed by atoms with van der Waals surface area (Å²) >= 11 is 0. The van der Waals surface area contributed by atoms with Gasteiger partial charge in [-0.15, -0.1) is 0 Å². The number of carbonyl (C=O) groups excluding carboxylic acids is 1. The number of benzene rings is 1. The Hall–Kier alpha value is -2.67. The molecule has 1 unspecified atom stereocenters. The van der Waals surface area contributed by atoms with Crippen LogP contribution in [0.1, 0.15) is 18.7 Å². The Morgan fingerprint density at radius 2 is 2.23 bits per heavy atom. The highest BCUT2D eigenvalue weighted by molar-refractivity contribution is 5.77. The zero-order valence-electron chi connectivity index (χ0n) is 14.7. The third-order valence-electron chi connectivity index (χ3n) is 4.67. The van der Waals surface area contributed by atoms with E-state index in [1.54, 1.807) is 6.20 Å². The lowest BCUT2D eigenvalue weighted by atomic mass is 10.2. The number of aromatic nitrogens is 4. The summed E-state index contributed by atoms with van der Waals surface area (Å²) in [5.41, 5.74) is 1.95. The zero-order chi connectivity index (χ0) is 17.8. The van der Waals surface area contributed by atoms with Crippen LogP contribution in [0.3, 0.4) is 0 Å². The van der Waals surface area contributed by atoms with Gasteiger partial charge in [0.25, 0.3) is 0 Å². The lowest BCUT2D eigenvalue weighted by molar-refractivity contribution is -0.132. The van der Waals surface area contributed by atoms with Crippen molar-refractivity contribution in [3.8, 4) is 0 Å². The third kappa shape index (κ3) is 3.94. The third-order valence-corrected chi connectivity index (χ3v) is 4.67. The quantitative estimate of drug-likeness (QED) is 0.761. The van der Waals surface area contributed by atoms with Crippen LogP contribution in [0.4, 0.5) is 0 Å². The van der Waals surface area contributed by atoms with Crippen molar-refractivity contribution in [3.63, 3.8) is 0 Å². The summed E-state index contributed by atoms with van der Waals surface area (Å²) in [5.74, 6) is 1.01. The molecule has 1 amide bonds. The summed E-state index contributed by atoms with van der Waals surface area (Å²) in [6, 6.07) is 9.82. The van der Waals surface area contributed by atoms with Crippen LogP contribution in [0.2, 0.25) is 0 Å².